The molecule has 0 bridgehead atoms. The van der Waals surface area contributed by atoms with E-state index in [-0.39, 0.29) is 29.8 Å². The van der Waals surface area contributed by atoms with E-state index in [1.54, 1.807) is 37.4 Å². The molecule has 2 aromatic rings. The zero-order valence-corrected chi connectivity index (χ0v) is 15.7. The summed E-state index contributed by atoms with van der Waals surface area (Å²) >= 11 is 0. The van der Waals surface area contributed by atoms with Crippen LogP contribution in [0.15, 0.2) is 30.3 Å². The first kappa shape index (κ1) is 20.6. The molecule has 3 rings (SSSR count). The lowest BCUT2D eigenvalue weighted by atomic mass is 9.88. The van der Waals surface area contributed by atoms with Crippen LogP contribution in [0.25, 0.3) is 11.1 Å². The highest BCUT2D eigenvalue weighted by Crippen LogP contribution is 2.34. The van der Waals surface area contributed by atoms with Gasteiger partial charge in [0.2, 0.25) is 0 Å². The predicted molar refractivity (Wildman–Crippen MR) is 104 cm³/mol. The fourth-order valence-electron chi connectivity index (χ4n) is 3.44. The van der Waals surface area contributed by atoms with Crippen LogP contribution in [0.3, 0.4) is 0 Å². The Kier molecular flexibility index (Phi) is 6.02. The third-order valence-corrected chi connectivity index (χ3v) is 5.10. The molecule has 0 saturated carbocycles. The highest BCUT2D eigenvalue weighted by molar-refractivity contribution is 5.82. The fourth-order valence-corrected chi connectivity index (χ4v) is 3.44. The maximum atomic E-state index is 10.2. The minimum absolute atomic E-state index is 0.0456. The molecule has 1 aliphatic rings. The number of hydrogen-bond acceptors (Lipinski definition) is 8. The molecule has 1 saturated heterocycles. The summed E-state index contributed by atoms with van der Waals surface area (Å²) < 4.78 is 10.6. The second-order valence-electron chi connectivity index (χ2n) is 6.82. The van der Waals surface area contributed by atoms with Crippen molar-refractivity contribution in [3.8, 4) is 29.0 Å². The summed E-state index contributed by atoms with van der Waals surface area (Å²) in [7, 11) is 1.55. The second kappa shape index (κ2) is 8.48. The molecular formula is C21H21N3O5. The van der Waals surface area contributed by atoms with Crippen LogP contribution in [0, 0.1) is 22.7 Å². The Morgan fingerprint density at radius 2 is 1.76 bits per heavy atom. The Hall–Kier alpha value is -3.14. The van der Waals surface area contributed by atoms with Crippen molar-refractivity contribution < 1.29 is 24.8 Å². The first-order valence-corrected chi connectivity index (χ1v) is 8.97. The highest BCUT2D eigenvalue weighted by Gasteiger charge is 2.38. The quantitative estimate of drug-likeness (QED) is 0.552. The number of benzene rings is 2. The molecule has 150 valence electrons. The fraction of sp³-hybridized carbons (Fsp3) is 0.333. The van der Waals surface area contributed by atoms with E-state index in [1.165, 1.54) is 0 Å². The van der Waals surface area contributed by atoms with Crippen molar-refractivity contribution >= 4 is 5.69 Å². The van der Waals surface area contributed by atoms with Gasteiger partial charge in [0.25, 0.3) is 0 Å². The molecular weight excluding hydrogens is 374 g/mol. The molecule has 0 aliphatic carbocycles. The van der Waals surface area contributed by atoms with Crippen LogP contribution in [0.4, 0.5) is 5.69 Å². The van der Waals surface area contributed by atoms with Gasteiger partial charge in [-0.1, -0.05) is 12.1 Å². The van der Waals surface area contributed by atoms with Crippen molar-refractivity contribution in [1.29, 1.82) is 10.5 Å². The van der Waals surface area contributed by atoms with E-state index in [0.717, 1.165) is 0 Å². The normalized spacial score (nSPS) is 23.8. The number of anilines is 1. The van der Waals surface area contributed by atoms with E-state index in [1.807, 2.05) is 6.07 Å². The summed E-state index contributed by atoms with van der Waals surface area (Å²) in [5.41, 5.74) is 8.19. The number of nitrogens with zero attached hydrogens (tertiary/aromatic N) is 2. The van der Waals surface area contributed by atoms with Crippen LogP contribution in [-0.4, -0.2) is 53.5 Å². The number of nitrogens with two attached hydrogens (primary N) is 1. The predicted octanol–water partition coefficient (Wildman–Crippen LogP) is 0.712. The van der Waals surface area contributed by atoms with E-state index in [0.29, 0.717) is 22.4 Å². The number of hydrogen-bond donors (Lipinski definition) is 4. The first-order chi connectivity index (χ1) is 13.9. The first-order valence-electron chi connectivity index (χ1n) is 8.97. The molecule has 1 heterocycles. The molecule has 2 aromatic carbocycles. The molecule has 0 aromatic heterocycles. The summed E-state index contributed by atoms with van der Waals surface area (Å²) in [6.45, 7) is -0.137. The molecule has 5 N–H and O–H groups in total. The van der Waals surface area contributed by atoms with Crippen molar-refractivity contribution in [1.82, 2.24) is 0 Å². The molecule has 4 atom stereocenters. The van der Waals surface area contributed by atoms with Gasteiger partial charge in [-0.2, -0.15) is 10.5 Å². The monoisotopic (exact) mass is 395 g/mol. The van der Waals surface area contributed by atoms with Gasteiger partial charge in [0, 0.05) is 12.0 Å². The number of ether oxygens (including phenoxy) is 2. The molecule has 8 nitrogen and oxygen atoms in total. The van der Waals surface area contributed by atoms with Crippen molar-refractivity contribution in [2.24, 2.45) is 0 Å². The van der Waals surface area contributed by atoms with Gasteiger partial charge in [0.05, 0.1) is 36.6 Å². The van der Waals surface area contributed by atoms with Gasteiger partial charge < -0.3 is 30.5 Å². The molecule has 0 radical (unpaired) electrons. The number of nitrogen functional groups attached to an aromatic ring is 1. The van der Waals surface area contributed by atoms with Crippen molar-refractivity contribution in [3.63, 3.8) is 0 Å². The Morgan fingerprint density at radius 1 is 1.10 bits per heavy atom. The third kappa shape index (κ3) is 3.88. The molecule has 1 fully saturated rings. The average Bonchev–Trinajstić information content (AvgIpc) is 2.74. The van der Waals surface area contributed by atoms with Crippen LogP contribution < -0.4 is 10.5 Å². The lowest BCUT2D eigenvalue weighted by molar-refractivity contribution is -0.186. The number of nitriles is 2. The van der Waals surface area contributed by atoms with Gasteiger partial charge in [-0.25, -0.2) is 0 Å². The molecule has 0 amide bonds. The van der Waals surface area contributed by atoms with Crippen molar-refractivity contribution in [2.45, 2.75) is 30.8 Å². The van der Waals surface area contributed by atoms with E-state index < -0.39 is 24.4 Å². The van der Waals surface area contributed by atoms with Gasteiger partial charge >= 0.3 is 0 Å². The SMILES string of the molecule is COc1ccc(-c2cc(C[C@@H]3OC[C@@H](O)[C@H](O)[C@H]3O)c(C#N)c(N)c2C#N)cc1. The molecule has 0 unspecified atom stereocenters. The van der Waals surface area contributed by atoms with E-state index in [4.69, 9.17) is 15.2 Å². The molecule has 1 aliphatic heterocycles. The zero-order valence-electron chi connectivity index (χ0n) is 15.7. The van der Waals surface area contributed by atoms with E-state index in [2.05, 4.69) is 6.07 Å². The van der Waals surface area contributed by atoms with Gasteiger partial charge in [0.1, 0.15) is 36.2 Å². The summed E-state index contributed by atoms with van der Waals surface area (Å²) in [6.07, 6.45) is -4.62. The van der Waals surface area contributed by atoms with E-state index in [9.17, 15) is 25.8 Å². The number of methoxy groups -OCH3 is 1. The van der Waals surface area contributed by atoms with Gasteiger partial charge in [-0.05, 0) is 29.3 Å². The number of aliphatic hydroxyl groups excluding tert-OH is 3. The summed E-state index contributed by atoms with van der Waals surface area (Å²) in [5.74, 6) is 0.653. The topological polar surface area (TPSA) is 153 Å². The molecule has 0 spiro atoms. The highest BCUT2D eigenvalue weighted by atomic mass is 16.5. The van der Waals surface area contributed by atoms with Crippen LogP contribution in [-0.2, 0) is 11.2 Å². The van der Waals surface area contributed by atoms with Gasteiger partial charge in [-0.3, -0.25) is 0 Å². The standard InChI is InChI=1S/C21H21N3O5/c1-28-13-4-2-11(3-5-13)14-6-12(15(8-22)19(24)16(14)9-23)7-18-21(27)20(26)17(25)10-29-18/h2-6,17-18,20-21,25-27H,7,10,24H2,1H3/t17-,18+,20+,21+/m1/s1. The molecule has 8 heteroatoms. The van der Waals surface area contributed by atoms with Gasteiger partial charge in [-0.15, -0.1) is 0 Å². The maximum absolute atomic E-state index is 10.2. The smallest absolute Gasteiger partial charge is 0.118 e. The average molecular weight is 395 g/mol. The Labute approximate surface area is 168 Å². The minimum atomic E-state index is -1.35. The van der Waals surface area contributed by atoms with Crippen LogP contribution in [0.5, 0.6) is 5.75 Å². The minimum Gasteiger partial charge on any atom is -0.497 e. The Bertz CT molecular complexity index is 978. The largest absolute Gasteiger partial charge is 0.497 e. The van der Waals surface area contributed by atoms with Crippen LogP contribution in [0.2, 0.25) is 0 Å². The molecule has 29 heavy (non-hydrogen) atoms. The lowest BCUT2D eigenvalue weighted by Crippen LogP contribution is -2.53. The Balaban J connectivity index is 2.06. The number of rotatable bonds is 4. The van der Waals surface area contributed by atoms with Crippen molar-refractivity contribution in [2.75, 3.05) is 19.5 Å². The second-order valence-corrected chi connectivity index (χ2v) is 6.82. The van der Waals surface area contributed by atoms with Gasteiger partial charge in [0.15, 0.2) is 0 Å². The Morgan fingerprint density at radius 3 is 2.34 bits per heavy atom. The van der Waals surface area contributed by atoms with Crippen LogP contribution >= 0.6 is 0 Å². The number of aliphatic hydroxyl groups is 3. The third-order valence-electron chi connectivity index (χ3n) is 5.10. The summed E-state index contributed by atoms with van der Waals surface area (Å²) in [5, 5.41) is 49.0. The zero-order chi connectivity index (χ0) is 21.1. The summed E-state index contributed by atoms with van der Waals surface area (Å²) in [4.78, 5) is 0. The lowest BCUT2D eigenvalue weighted by Gasteiger charge is -2.35. The van der Waals surface area contributed by atoms with E-state index >= 15 is 0 Å². The summed E-state index contributed by atoms with van der Waals surface area (Å²) in [6, 6.07) is 12.8. The van der Waals surface area contributed by atoms with Crippen molar-refractivity contribution in [3.05, 3.63) is 47.0 Å². The van der Waals surface area contributed by atoms with Crippen LogP contribution in [0.1, 0.15) is 16.7 Å². The maximum Gasteiger partial charge on any atom is 0.118 e.